The van der Waals surface area contributed by atoms with Gasteiger partial charge in [-0.05, 0) is 29.5 Å². The van der Waals surface area contributed by atoms with E-state index in [2.05, 4.69) is 22.6 Å². The minimum atomic E-state index is -0.761. The summed E-state index contributed by atoms with van der Waals surface area (Å²) in [5.74, 6) is -0.686. The van der Waals surface area contributed by atoms with E-state index in [0.29, 0.717) is 5.76 Å². The molecule has 1 aliphatic rings. The molecule has 0 aliphatic carbocycles. The van der Waals surface area contributed by atoms with Gasteiger partial charge in [0.15, 0.2) is 0 Å². The first kappa shape index (κ1) is 27.6. The number of amides is 2. The van der Waals surface area contributed by atoms with Crippen LogP contribution in [0.1, 0.15) is 76.9 Å². The topological polar surface area (TPSA) is 95.7 Å². The summed E-state index contributed by atoms with van der Waals surface area (Å²) in [6.07, 6.45) is -0.561. The lowest BCUT2D eigenvalue weighted by molar-refractivity contribution is -0.141. The summed E-state index contributed by atoms with van der Waals surface area (Å²) < 4.78 is 5.62. The Hall–Kier alpha value is -3.45. The molecule has 0 radical (unpaired) electrons. The molecular weight excluding hydrogens is 478 g/mol. The van der Waals surface area contributed by atoms with Crippen molar-refractivity contribution in [2.45, 2.75) is 77.5 Å². The molecule has 1 fully saturated rings. The van der Waals surface area contributed by atoms with Crippen LogP contribution in [0.25, 0.3) is 11.1 Å². The number of carbonyl (C=O) groups is 2. The molecule has 7 heteroatoms. The summed E-state index contributed by atoms with van der Waals surface area (Å²) in [7, 11) is 0. The molecule has 7 nitrogen and oxygen atoms in total. The molecule has 0 bridgehead atoms. The molecule has 2 aromatic carbocycles. The van der Waals surface area contributed by atoms with Crippen LogP contribution in [0, 0.1) is 5.92 Å². The van der Waals surface area contributed by atoms with E-state index in [1.54, 1.807) is 0 Å². The van der Waals surface area contributed by atoms with Crippen molar-refractivity contribution in [2.24, 2.45) is 5.92 Å². The quantitative estimate of drug-likeness (QED) is 0.448. The normalized spacial score (nSPS) is 19.4. The largest absolute Gasteiger partial charge is 0.391 e. The second-order valence-corrected chi connectivity index (χ2v) is 11.7. The monoisotopic (exact) mass is 517 g/mol. The Balaban J connectivity index is 1.48. The maximum absolute atomic E-state index is 13.8. The Morgan fingerprint density at radius 1 is 1.03 bits per heavy atom. The van der Waals surface area contributed by atoms with Gasteiger partial charge in [-0.1, -0.05) is 94.4 Å². The van der Waals surface area contributed by atoms with Gasteiger partial charge in [0.25, 0.3) is 0 Å². The number of aliphatic hydroxyl groups is 1. The van der Waals surface area contributed by atoms with Crippen LogP contribution in [-0.4, -0.2) is 45.7 Å². The number of hydrogen-bond donors (Lipinski definition) is 2. The standard InChI is InChI=1S/C31H39N3O4/c1-19(2)28(26-17-27(33-38-26)31(4,5)6)30(37)34-18-24(35)16-25(34)29(36)32-20(3)21-12-14-23(15-13-21)22-10-8-7-9-11-22/h7-15,17,19-20,24-25,28,35H,16,18H2,1-6H3,(H,32,36)/t20-,24+,25-,28+/m0/s1. The van der Waals surface area contributed by atoms with Crippen molar-refractivity contribution in [3.63, 3.8) is 0 Å². The molecule has 1 aliphatic heterocycles. The fourth-order valence-electron chi connectivity index (χ4n) is 5.00. The van der Waals surface area contributed by atoms with Crippen LogP contribution in [-0.2, 0) is 15.0 Å². The third-order valence-corrected chi connectivity index (χ3v) is 7.28. The number of nitrogens with one attached hydrogen (secondary N) is 1. The highest BCUT2D eigenvalue weighted by Crippen LogP contribution is 2.33. The first-order chi connectivity index (χ1) is 18.0. The van der Waals surface area contributed by atoms with E-state index < -0.39 is 18.1 Å². The molecule has 3 aromatic rings. The van der Waals surface area contributed by atoms with Gasteiger partial charge in [-0.25, -0.2) is 0 Å². The maximum atomic E-state index is 13.8. The van der Waals surface area contributed by atoms with Crippen molar-refractivity contribution in [3.05, 3.63) is 77.7 Å². The molecule has 1 aromatic heterocycles. The first-order valence-corrected chi connectivity index (χ1v) is 13.4. The molecule has 202 valence electrons. The van der Waals surface area contributed by atoms with Crippen molar-refractivity contribution in [3.8, 4) is 11.1 Å². The number of carbonyl (C=O) groups excluding carboxylic acids is 2. The molecule has 4 atom stereocenters. The fourth-order valence-corrected chi connectivity index (χ4v) is 5.00. The zero-order valence-electron chi connectivity index (χ0n) is 23.1. The molecule has 2 amide bonds. The first-order valence-electron chi connectivity index (χ1n) is 13.4. The Bertz CT molecular complexity index is 1240. The molecule has 0 unspecified atom stereocenters. The highest BCUT2D eigenvalue weighted by molar-refractivity contribution is 5.91. The summed E-state index contributed by atoms with van der Waals surface area (Å²) >= 11 is 0. The lowest BCUT2D eigenvalue weighted by Gasteiger charge is -2.29. The number of nitrogens with zero attached hydrogens (tertiary/aromatic N) is 2. The van der Waals surface area contributed by atoms with Gasteiger partial charge in [0, 0.05) is 24.4 Å². The van der Waals surface area contributed by atoms with E-state index in [0.717, 1.165) is 22.4 Å². The molecule has 2 N–H and O–H groups in total. The van der Waals surface area contributed by atoms with E-state index in [1.165, 1.54) is 4.90 Å². The number of β-amino-alcohol motifs (C(OH)–C–C–N with tert-alkyl or cyclic N) is 1. The maximum Gasteiger partial charge on any atom is 0.243 e. The minimum Gasteiger partial charge on any atom is -0.391 e. The number of aliphatic hydroxyl groups excluding tert-OH is 1. The van der Waals surface area contributed by atoms with Crippen molar-refractivity contribution >= 4 is 11.8 Å². The van der Waals surface area contributed by atoms with E-state index in [4.69, 9.17) is 4.52 Å². The smallest absolute Gasteiger partial charge is 0.243 e. The van der Waals surface area contributed by atoms with E-state index in [9.17, 15) is 14.7 Å². The van der Waals surface area contributed by atoms with Gasteiger partial charge < -0.3 is 19.8 Å². The Morgan fingerprint density at radius 3 is 2.24 bits per heavy atom. The number of aromatic nitrogens is 1. The van der Waals surface area contributed by atoms with Crippen LogP contribution in [0.5, 0.6) is 0 Å². The zero-order valence-corrected chi connectivity index (χ0v) is 23.1. The fraction of sp³-hybridized carbons (Fsp3) is 0.452. The van der Waals surface area contributed by atoms with Crippen LogP contribution in [0.3, 0.4) is 0 Å². The highest BCUT2D eigenvalue weighted by Gasteiger charge is 2.43. The van der Waals surface area contributed by atoms with E-state index in [-0.39, 0.29) is 42.2 Å². The predicted octanol–water partition coefficient (Wildman–Crippen LogP) is 5.22. The van der Waals surface area contributed by atoms with Crippen molar-refractivity contribution in [1.82, 2.24) is 15.4 Å². The summed E-state index contributed by atoms with van der Waals surface area (Å²) in [5.41, 5.74) is 3.75. The second-order valence-electron chi connectivity index (χ2n) is 11.7. The van der Waals surface area contributed by atoms with Gasteiger partial charge in [-0.15, -0.1) is 0 Å². The van der Waals surface area contributed by atoms with Gasteiger partial charge in [0.05, 0.1) is 17.8 Å². The Morgan fingerprint density at radius 2 is 1.66 bits per heavy atom. The van der Waals surface area contributed by atoms with Gasteiger partial charge >= 0.3 is 0 Å². The molecule has 2 heterocycles. The van der Waals surface area contributed by atoms with Crippen LogP contribution >= 0.6 is 0 Å². The Labute approximate surface area is 225 Å². The highest BCUT2D eigenvalue weighted by atomic mass is 16.5. The van der Waals surface area contributed by atoms with Gasteiger partial charge in [-0.2, -0.15) is 0 Å². The van der Waals surface area contributed by atoms with Crippen LogP contribution < -0.4 is 5.32 Å². The third kappa shape index (κ3) is 5.99. The van der Waals surface area contributed by atoms with Crippen LogP contribution in [0.4, 0.5) is 0 Å². The molecule has 0 saturated carbocycles. The lowest BCUT2D eigenvalue weighted by Crippen LogP contribution is -2.48. The summed E-state index contributed by atoms with van der Waals surface area (Å²) in [6, 6.07) is 19.0. The average Bonchev–Trinajstić information content (AvgIpc) is 3.52. The van der Waals surface area contributed by atoms with E-state index >= 15 is 0 Å². The molecule has 38 heavy (non-hydrogen) atoms. The number of hydrogen-bond acceptors (Lipinski definition) is 5. The van der Waals surface area contributed by atoms with Gasteiger partial charge in [0.1, 0.15) is 17.7 Å². The number of likely N-dealkylation sites (tertiary alicyclic amines) is 1. The summed E-state index contributed by atoms with van der Waals surface area (Å²) in [5, 5.41) is 17.7. The average molecular weight is 518 g/mol. The molecule has 0 spiro atoms. The lowest BCUT2D eigenvalue weighted by atomic mass is 9.88. The van der Waals surface area contributed by atoms with Gasteiger partial charge in [0.2, 0.25) is 11.8 Å². The predicted molar refractivity (Wildman–Crippen MR) is 147 cm³/mol. The van der Waals surface area contributed by atoms with E-state index in [1.807, 2.05) is 90.1 Å². The molecule has 1 saturated heterocycles. The molecular formula is C31H39N3O4. The summed E-state index contributed by atoms with van der Waals surface area (Å²) in [6.45, 7) is 12.0. The Kier molecular flexibility index (Phi) is 8.07. The van der Waals surface area contributed by atoms with Crippen molar-refractivity contribution in [1.29, 1.82) is 0 Å². The van der Waals surface area contributed by atoms with Crippen molar-refractivity contribution < 1.29 is 19.2 Å². The van der Waals surface area contributed by atoms with Crippen LogP contribution in [0.2, 0.25) is 0 Å². The number of benzene rings is 2. The zero-order chi connectivity index (χ0) is 27.6. The molecule has 4 rings (SSSR count). The minimum absolute atomic E-state index is 0.0771. The summed E-state index contributed by atoms with van der Waals surface area (Å²) in [4.78, 5) is 28.7. The second kappa shape index (κ2) is 11.1. The third-order valence-electron chi connectivity index (χ3n) is 7.28. The van der Waals surface area contributed by atoms with Crippen molar-refractivity contribution in [2.75, 3.05) is 6.54 Å². The van der Waals surface area contributed by atoms with Gasteiger partial charge in [-0.3, -0.25) is 9.59 Å². The number of rotatable bonds is 7. The SMILES string of the molecule is CC(C)[C@@H](C(=O)N1C[C@H](O)C[C@H]1C(=O)N[C@@H](C)c1ccc(-c2ccccc2)cc1)c1cc(C(C)(C)C)no1. The van der Waals surface area contributed by atoms with Crippen LogP contribution in [0.15, 0.2) is 65.2 Å².